The second-order valence-corrected chi connectivity index (χ2v) is 4.87. The molecule has 0 saturated heterocycles. The van der Waals surface area contributed by atoms with Gasteiger partial charge in [0.05, 0.1) is 6.26 Å². The lowest BCUT2D eigenvalue weighted by atomic mass is 10.2. The molecule has 0 atom stereocenters. The Balaban J connectivity index is 1.46. The van der Waals surface area contributed by atoms with E-state index in [-0.39, 0.29) is 18.9 Å². The quantitative estimate of drug-likeness (QED) is 0.699. The highest BCUT2D eigenvalue weighted by Gasteiger charge is 2.12. The summed E-state index contributed by atoms with van der Waals surface area (Å²) in [4.78, 5) is 23.2. The number of nitrogens with zero attached hydrogens (tertiary/aromatic N) is 1. The first-order valence-electron chi connectivity index (χ1n) is 7.21. The van der Waals surface area contributed by atoms with E-state index in [0.717, 1.165) is 5.56 Å². The van der Waals surface area contributed by atoms with E-state index in [9.17, 15) is 9.59 Å². The molecule has 0 aliphatic rings. The molecule has 0 fully saturated rings. The van der Waals surface area contributed by atoms with Gasteiger partial charge in [0.2, 0.25) is 0 Å². The van der Waals surface area contributed by atoms with Gasteiger partial charge in [-0.2, -0.15) is 0 Å². The number of amides is 1. The Morgan fingerprint density at radius 3 is 2.71 bits per heavy atom. The lowest BCUT2D eigenvalue weighted by Gasteiger charge is -2.03. The largest absolute Gasteiger partial charge is 0.459 e. The molecule has 7 heteroatoms. The highest BCUT2D eigenvalue weighted by molar-refractivity contribution is 5.93. The predicted octanol–water partition coefficient (Wildman–Crippen LogP) is 2.41. The minimum atomic E-state index is -0.584. The topological polar surface area (TPSA) is 94.6 Å². The number of rotatable bonds is 6. The molecule has 0 spiro atoms. The zero-order chi connectivity index (χ0) is 16.8. The average Bonchev–Trinajstić information content (AvgIpc) is 3.30. The van der Waals surface area contributed by atoms with Crippen LogP contribution in [0.25, 0.3) is 11.3 Å². The minimum Gasteiger partial charge on any atom is -0.459 e. The van der Waals surface area contributed by atoms with Crippen molar-refractivity contribution in [2.75, 3.05) is 6.54 Å². The Morgan fingerprint density at radius 2 is 1.96 bits per heavy atom. The monoisotopic (exact) mass is 326 g/mol. The van der Waals surface area contributed by atoms with Crippen molar-refractivity contribution in [2.24, 2.45) is 0 Å². The van der Waals surface area contributed by atoms with Crippen molar-refractivity contribution < 1.29 is 23.3 Å². The van der Waals surface area contributed by atoms with Crippen LogP contribution in [0.4, 0.5) is 0 Å². The summed E-state index contributed by atoms with van der Waals surface area (Å²) >= 11 is 0. The fourth-order valence-electron chi connectivity index (χ4n) is 1.97. The number of hydrogen-bond donors (Lipinski definition) is 1. The number of benzene rings is 1. The lowest BCUT2D eigenvalue weighted by Crippen LogP contribution is -2.30. The van der Waals surface area contributed by atoms with Gasteiger partial charge in [0.15, 0.2) is 11.5 Å². The van der Waals surface area contributed by atoms with E-state index in [1.165, 1.54) is 12.3 Å². The number of hydrogen-bond acceptors (Lipinski definition) is 6. The number of aromatic nitrogens is 1. The van der Waals surface area contributed by atoms with Crippen molar-refractivity contribution >= 4 is 11.9 Å². The SMILES string of the molecule is O=C(CNC(=O)c1ccco1)OCc1cc(-c2ccccc2)on1. The van der Waals surface area contributed by atoms with Crippen LogP contribution in [-0.4, -0.2) is 23.6 Å². The number of nitrogens with one attached hydrogen (secondary N) is 1. The molecule has 3 rings (SSSR count). The van der Waals surface area contributed by atoms with Crippen LogP contribution in [0.2, 0.25) is 0 Å². The minimum absolute atomic E-state index is 0.0359. The third-order valence-electron chi connectivity index (χ3n) is 3.14. The highest BCUT2D eigenvalue weighted by atomic mass is 16.5. The maximum atomic E-state index is 11.6. The first-order valence-corrected chi connectivity index (χ1v) is 7.21. The maximum Gasteiger partial charge on any atom is 0.325 e. The van der Waals surface area contributed by atoms with Crippen LogP contribution in [-0.2, 0) is 16.1 Å². The number of esters is 1. The van der Waals surface area contributed by atoms with Gasteiger partial charge in [-0.1, -0.05) is 35.5 Å². The molecule has 0 unspecified atom stereocenters. The second-order valence-electron chi connectivity index (χ2n) is 4.87. The number of carbonyl (C=O) groups excluding carboxylic acids is 2. The fourth-order valence-corrected chi connectivity index (χ4v) is 1.97. The summed E-state index contributed by atoms with van der Waals surface area (Å²) in [6, 6.07) is 14.2. The zero-order valence-electron chi connectivity index (χ0n) is 12.6. The van der Waals surface area contributed by atoms with Gasteiger partial charge in [-0.25, -0.2) is 0 Å². The highest BCUT2D eigenvalue weighted by Crippen LogP contribution is 2.19. The van der Waals surface area contributed by atoms with Crippen molar-refractivity contribution in [3.05, 3.63) is 66.2 Å². The van der Waals surface area contributed by atoms with E-state index >= 15 is 0 Å². The molecule has 0 aliphatic heterocycles. The van der Waals surface area contributed by atoms with E-state index in [1.807, 2.05) is 30.3 Å². The zero-order valence-corrected chi connectivity index (χ0v) is 12.6. The molecular weight excluding hydrogens is 312 g/mol. The second kappa shape index (κ2) is 7.28. The van der Waals surface area contributed by atoms with Crippen molar-refractivity contribution in [3.8, 4) is 11.3 Å². The Morgan fingerprint density at radius 1 is 1.12 bits per heavy atom. The Hall–Kier alpha value is -3.35. The van der Waals surface area contributed by atoms with Crippen molar-refractivity contribution in [1.82, 2.24) is 10.5 Å². The Kier molecular flexibility index (Phi) is 4.71. The van der Waals surface area contributed by atoms with Crippen molar-refractivity contribution in [2.45, 2.75) is 6.61 Å². The first kappa shape index (κ1) is 15.5. The molecule has 1 aromatic carbocycles. The molecule has 0 bridgehead atoms. The summed E-state index contributed by atoms with van der Waals surface area (Å²) in [6.45, 7) is -0.297. The van der Waals surface area contributed by atoms with Crippen LogP contribution in [0.1, 0.15) is 16.2 Å². The van der Waals surface area contributed by atoms with Crippen LogP contribution in [0.3, 0.4) is 0 Å². The molecule has 7 nitrogen and oxygen atoms in total. The van der Waals surface area contributed by atoms with Gasteiger partial charge in [0.25, 0.3) is 5.91 Å². The van der Waals surface area contributed by atoms with Gasteiger partial charge in [-0.3, -0.25) is 9.59 Å². The molecule has 24 heavy (non-hydrogen) atoms. The third-order valence-corrected chi connectivity index (χ3v) is 3.14. The van der Waals surface area contributed by atoms with E-state index in [0.29, 0.717) is 11.5 Å². The van der Waals surface area contributed by atoms with Gasteiger partial charge in [-0.15, -0.1) is 0 Å². The van der Waals surface area contributed by atoms with Crippen LogP contribution < -0.4 is 5.32 Å². The molecule has 1 amide bonds. The van der Waals surface area contributed by atoms with E-state index in [1.54, 1.807) is 12.1 Å². The summed E-state index contributed by atoms with van der Waals surface area (Å²) < 4.78 is 15.2. The number of furan rings is 1. The lowest BCUT2D eigenvalue weighted by molar-refractivity contribution is -0.143. The Labute approximate surface area is 137 Å². The molecule has 3 aromatic rings. The summed E-state index contributed by atoms with van der Waals surface area (Å²) in [5.74, 6) is -0.344. The number of carbonyl (C=O) groups is 2. The number of ether oxygens (including phenoxy) is 1. The fraction of sp³-hybridized carbons (Fsp3) is 0.118. The van der Waals surface area contributed by atoms with Gasteiger partial charge >= 0.3 is 5.97 Å². The maximum absolute atomic E-state index is 11.6. The summed E-state index contributed by atoms with van der Waals surface area (Å²) in [7, 11) is 0. The molecule has 2 heterocycles. The molecular formula is C17H14N2O5. The van der Waals surface area contributed by atoms with E-state index < -0.39 is 11.9 Å². The predicted molar refractivity (Wildman–Crippen MR) is 82.8 cm³/mol. The molecule has 122 valence electrons. The van der Waals surface area contributed by atoms with Crippen LogP contribution in [0.15, 0.2) is 63.7 Å². The normalized spacial score (nSPS) is 10.3. The van der Waals surface area contributed by atoms with Crippen LogP contribution >= 0.6 is 0 Å². The Bertz CT molecular complexity index is 809. The summed E-state index contributed by atoms with van der Waals surface area (Å²) in [6.07, 6.45) is 1.38. The van der Waals surface area contributed by atoms with E-state index in [4.69, 9.17) is 13.7 Å². The smallest absolute Gasteiger partial charge is 0.325 e. The first-order chi connectivity index (χ1) is 11.7. The van der Waals surface area contributed by atoms with Crippen LogP contribution in [0.5, 0.6) is 0 Å². The van der Waals surface area contributed by atoms with Crippen molar-refractivity contribution in [1.29, 1.82) is 0 Å². The standard InChI is InChI=1S/C17H14N2O5/c20-16(10-18-17(21)14-7-4-8-22-14)23-11-13-9-15(24-19-13)12-5-2-1-3-6-12/h1-9H,10-11H2,(H,18,21). The molecule has 0 saturated carbocycles. The van der Waals surface area contributed by atoms with Gasteiger partial charge in [0, 0.05) is 11.6 Å². The molecule has 1 N–H and O–H groups in total. The molecule has 0 radical (unpaired) electrons. The van der Waals surface area contributed by atoms with Gasteiger partial charge < -0.3 is 19.0 Å². The van der Waals surface area contributed by atoms with Crippen LogP contribution in [0, 0.1) is 0 Å². The van der Waals surface area contributed by atoms with E-state index in [2.05, 4.69) is 10.5 Å². The molecule has 2 aromatic heterocycles. The molecule has 0 aliphatic carbocycles. The third kappa shape index (κ3) is 3.89. The van der Waals surface area contributed by atoms with Crippen molar-refractivity contribution in [3.63, 3.8) is 0 Å². The summed E-state index contributed by atoms with van der Waals surface area (Å²) in [5, 5.41) is 6.25. The van der Waals surface area contributed by atoms with Gasteiger partial charge in [0.1, 0.15) is 18.8 Å². The average molecular weight is 326 g/mol. The summed E-state index contributed by atoms with van der Waals surface area (Å²) in [5.41, 5.74) is 1.37. The van der Waals surface area contributed by atoms with Gasteiger partial charge in [-0.05, 0) is 12.1 Å².